The van der Waals surface area contributed by atoms with Crippen LogP contribution in [0.5, 0.6) is 11.5 Å². The van der Waals surface area contributed by atoms with Crippen LogP contribution in [0.1, 0.15) is 145 Å². The van der Waals surface area contributed by atoms with Gasteiger partial charge in [-0.15, -0.1) is 0 Å². The number of fused-ring (bicyclic) bond motifs is 2. The second-order valence-corrected chi connectivity index (χ2v) is 16.7. The minimum Gasteiger partial charge on any atom is -0.454 e. The van der Waals surface area contributed by atoms with Crippen molar-refractivity contribution in [2.45, 2.75) is 141 Å². The Morgan fingerprint density at radius 3 is 1.98 bits per heavy atom. The first-order chi connectivity index (χ1) is 27.4. The van der Waals surface area contributed by atoms with E-state index in [9.17, 15) is 27.6 Å². The number of halogens is 4. The fraction of sp³-hybridized carbons (Fsp3) is 0.636. The summed E-state index contributed by atoms with van der Waals surface area (Å²) in [7, 11) is 0. The average molecular weight is 816 g/mol. The molecular weight excluding hydrogens is 759 g/mol. The first kappa shape index (κ1) is 43.0. The number of carbonyl (C=O) groups is 4. The molecule has 3 aliphatic carbocycles. The Balaban J connectivity index is 1.47. The summed E-state index contributed by atoms with van der Waals surface area (Å²) in [6.07, 6.45) is 8.58. The van der Waals surface area contributed by atoms with Crippen LogP contribution in [0.4, 0.5) is 24.5 Å². The zero-order valence-corrected chi connectivity index (χ0v) is 34.2. The van der Waals surface area contributed by atoms with Crippen molar-refractivity contribution in [3.05, 3.63) is 46.5 Å². The maximum absolute atomic E-state index is 15.4. The molecule has 0 unspecified atom stereocenters. The zero-order valence-electron chi connectivity index (χ0n) is 33.4. The number of esters is 1. The Morgan fingerprint density at radius 1 is 0.825 bits per heavy atom. The van der Waals surface area contributed by atoms with Gasteiger partial charge in [0.15, 0.2) is 11.4 Å². The Kier molecular flexibility index (Phi) is 14.3. The predicted octanol–water partition coefficient (Wildman–Crippen LogP) is 10.9. The van der Waals surface area contributed by atoms with Crippen molar-refractivity contribution in [3.8, 4) is 11.5 Å². The summed E-state index contributed by atoms with van der Waals surface area (Å²) in [6, 6.07) is 5.69. The molecule has 0 bridgehead atoms. The maximum Gasteiger partial charge on any atom is 0.416 e. The van der Waals surface area contributed by atoms with Crippen LogP contribution in [-0.2, 0) is 25.3 Å². The molecule has 3 saturated carbocycles. The van der Waals surface area contributed by atoms with Crippen LogP contribution in [0.3, 0.4) is 0 Å². The number of hydrogen-bond acceptors (Lipinski definition) is 7. The first-order valence-electron chi connectivity index (χ1n) is 21.2. The molecule has 312 valence electrons. The number of nitrogens with zero attached hydrogens (tertiary/aromatic N) is 3. The largest absolute Gasteiger partial charge is 0.454 e. The molecule has 9 nitrogen and oxygen atoms in total. The molecule has 1 aliphatic heterocycles. The minimum atomic E-state index is -4.69. The lowest BCUT2D eigenvalue weighted by Crippen LogP contribution is -2.55. The van der Waals surface area contributed by atoms with E-state index in [4.69, 9.17) is 21.1 Å². The molecule has 4 aliphatic rings. The number of ether oxygens (including phenoxy) is 2. The summed E-state index contributed by atoms with van der Waals surface area (Å²) in [5, 5.41) is -0.0782. The molecule has 0 saturated heterocycles. The topological polar surface area (TPSA) is 96.5 Å². The summed E-state index contributed by atoms with van der Waals surface area (Å²) in [5.41, 5.74) is -2.50. The van der Waals surface area contributed by atoms with Crippen molar-refractivity contribution in [2.24, 2.45) is 11.8 Å². The number of carbonyl (C=O) groups excluding carboxylic acids is 4. The van der Waals surface area contributed by atoms with Crippen molar-refractivity contribution in [2.75, 3.05) is 36.0 Å². The average Bonchev–Trinajstić information content (AvgIpc) is 3.76. The molecule has 0 atom stereocenters. The van der Waals surface area contributed by atoms with Gasteiger partial charge in [-0.1, -0.05) is 89.7 Å². The van der Waals surface area contributed by atoms with Gasteiger partial charge in [0.05, 0.1) is 33.4 Å². The molecule has 0 aromatic heterocycles. The van der Waals surface area contributed by atoms with Crippen LogP contribution in [0.15, 0.2) is 30.3 Å². The first-order valence-corrected chi connectivity index (χ1v) is 21.6. The van der Waals surface area contributed by atoms with Gasteiger partial charge in [0, 0.05) is 25.1 Å². The van der Waals surface area contributed by atoms with Gasteiger partial charge in [-0.25, -0.2) is 4.90 Å². The van der Waals surface area contributed by atoms with Gasteiger partial charge >= 0.3 is 12.1 Å². The molecule has 6 rings (SSSR count). The quantitative estimate of drug-likeness (QED) is 0.134. The summed E-state index contributed by atoms with van der Waals surface area (Å²) < 4.78 is 54.9. The lowest BCUT2D eigenvalue weighted by Gasteiger charge is -2.37. The van der Waals surface area contributed by atoms with E-state index in [1.165, 1.54) is 23.1 Å². The number of likely N-dealkylation sites (N-methyl/N-ethyl adjacent to an activating group) is 1. The van der Waals surface area contributed by atoms with Crippen LogP contribution in [0.25, 0.3) is 0 Å². The monoisotopic (exact) mass is 815 g/mol. The highest BCUT2D eigenvalue weighted by Gasteiger charge is 2.49. The number of rotatable bonds is 10. The van der Waals surface area contributed by atoms with Gasteiger partial charge < -0.3 is 19.3 Å². The van der Waals surface area contributed by atoms with Crippen LogP contribution in [-0.4, -0.2) is 60.4 Å². The second-order valence-electron chi connectivity index (χ2n) is 16.3. The van der Waals surface area contributed by atoms with Crippen LogP contribution >= 0.6 is 11.6 Å². The SMILES string of the molecule is CCN(CC)CCN1C(=O)c2cc(Cl)c(N(C(=O)C3CCCCCC3)C(=O)C3(OC(=O)C4CCCCCC4)CCCCCC3)cc2Oc2cc(C(F)(F)F)ccc21. The molecule has 2 aromatic carbocycles. The molecule has 2 aromatic rings. The fourth-order valence-corrected chi connectivity index (χ4v) is 9.28. The number of benzene rings is 2. The van der Waals surface area contributed by atoms with E-state index in [0.29, 0.717) is 58.2 Å². The molecule has 57 heavy (non-hydrogen) atoms. The molecule has 1 heterocycles. The molecule has 0 N–H and O–H groups in total. The van der Waals surface area contributed by atoms with Crippen molar-refractivity contribution in [3.63, 3.8) is 0 Å². The summed E-state index contributed by atoms with van der Waals surface area (Å²) in [4.78, 5) is 63.3. The highest BCUT2D eigenvalue weighted by Crippen LogP contribution is 2.47. The summed E-state index contributed by atoms with van der Waals surface area (Å²) >= 11 is 7.08. The Morgan fingerprint density at radius 2 is 1.40 bits per heavy atom. The normalized spacial score (nSPS) is 19.6. The van der Waals surface area contributed by atoms with E-state index in [2.05, 4.69) is 4.90 Å². The minimum absolute atomic E-state index is 0.0219. The van der Waals surface area contributed by atoms with Crippen LogP contribution in [0.2, 0.25) is 5.02 Å². The number of anilines is 2. The molecule has 3 amide bonds. The van der Waals surface area contributed by atoms with Gasteiger partial charge in [0.2, 0.25) is 5.91 Å². The number of alkyl halides is 3. The predicted molar refractivity (Wildman–Crippen MR) is 214 cm³/mol. The van der Waals surface area contributed by atoms with E-state index in [1.807, 2.05) is 13.8 Å². The van der Waals surface area contributed by atoms with Gasteiger partial charge in [0.1, 0.15) is 5.75 Å². The Hall–Kier alpha value is -3.64. The zero-order chi connectivity index (χ0) is 40.7. The molecule has 0 spiro atoms. The second kappa shape index (κ2) is 19.0. The highest BCUT2D eigenvalue weighted by atomic mass is 35.5. The van der Waals surface area contributed by atoms with E-state index in [0.717, 1.165) is 81.2 Å². The standard InChI is InChI=1S/C44H57ClF3N3O6/c1-3-49(4-2)25-26-50-35-22-21-32(44(46,47)48)27-38(35)56-37-29-36(34(45)28-33(37)40(50)53)51(39(52)30-17-11-5-6-12-18-30)42(55)43(23-15-9-10-16-24-43)57-41(54)31-19-13-7-8-14-20-31/h21-22,27-31H,3-20,23-26H2,1-2H3. The maximum atomic E-state index is 15.4. The van der Waals surface area contributed by atoms with Crippen molar-refractivity contribution in [1.82, 2.24) is 4.90 Å². The smallest absolute Gasteiger partial charge is 0.416 e. The summed E-state index contributed by atoms with van der Waals surface area (Å²) in [6.45, 7) is 5.98. The molecular formula is C44H57ClF3N3O6. The number of imide groups is 1. The molecule has 3 fully saturated rings. The number of amides is 3. The van der Waals surface area contributed by atoms with Gasteiger partial charge in [-0.05, 0) is 88.7 Å². The lowest BCUT2D eigenvalue weighted by atomic mass is 9.89. The molecule has 0 radical (unpaired) electrons. The Bertz CT molecular complexity index is 1760. The van der Waals surface area contributed by atoms with Crippen molar-refractivity contribution in [1.29, 1.82) is 0 Å². The van der Waals surface area contributed by atoms with E-state index < -0.39 is 46.9 Å². The third-order valence-electron chi connectivity index (χ3n) is 12.5. The van der Waals surface area contributed by atoms with Crippen molar-refractivity contribution >= 4 is 46.7 Å². The lowest BCUT2D eigenvalue weighted by molar-refractivity contribution is -0.174. The van der Waals surface area contributed by atoms with Gasteiger partial charge in [-0.2, -0.15) is 13.2 Å². The Labute approximate surface area is 339 Å². The molecule has 13 heteroatoms. The van der Waals surface area contributed by atoms with Crippen molar-refractivity contribution < 1.29 is 41.8 Å². The van der Waals surface area contributed by atoms with E-state index in [1.54, 1.807) is 0 Å². The van der Waals surface area contributed by atoms with Gasteiger partial charge in [-0.3, -0.25) is 19.2 Å². The van der Waals surface area contributed by atoms with E-state index >= 15 is 4.79 Å². The summed E-state index contributed by atoms with van der Waals surface area (Å²) in [5.74, 6) is -3.31. The highest BCUT2D eigenvalue weighted by molar-refractivity contribution is 6.36. The van der Waals surface area contributed by atoms with Gasteiger partial charge in [0.25, 0.3) is 11.8 Å². The third-order valence-corrected chi connectivity index (χ3v) is 12.8. The third kappa shape index (κ3) is 9.81. The van der Waals surface area contributed by atoms with Crippen LogP contribution in [0, 0.1) is 11.8 Å². The van der Waals surface area contributed by atoms with E-state index in [-0.39, 0.29) is 58.8 Å². The van der Waals surface area contributed by atoms with Crippen LogP contribution < -0.4 is 14.5 Å². The number of hydrogen-bond donors (Lipinski definition) is 0. The fourth-order valence-electron chi connectivity index (χ4n) is 9.03.